The van der Waals surface area contributed by atoms with Crippen molar-refractivity contribution < 1.29 is 9.59 Å². The predicted octanol–water partition coefficient (Wildman–Crippen LogP) is 2.36. The maximum Gasteiger partial charge on any atom is 0.243 e. The highest BCUT2D eigenvalue weighted by Gasteiger charge is 2.30. The van der Waals surface area contributed by atoms with Crippen LogP contribution < -0.4 is 5.43 Å². The van der Waals surface area contributed by atoms with Crippen LogP contribution in [-0.2, 0) is 16.1 Å². The molecule has 5 heteroatoms. The Morgan fingerprint density at radius 1 is 1.17 bits per heavy atom. The van der Waals surface area contributed by atoms with Gasteiger partial charge < -0.3 is 9.47 Å². The van der Waals surface area contributed by atoms with E-state index in [1.165, 1.54) is 6.07 Å². The molecule has 1 saturated heterocycles. The maximum atomic E-state index is 12.8. The quantitative estimate of drug-likeness (QED) is 0.866. The summed E-state index contributed by atoms with van der Waals surface area (Å²) in [5, 5.41) is 0.604. The third kappa shape index (κ3) is 3.11. The Balaban J connectivity index is 1.88. The van der Waals surface area contributed by atoms with Gasteiger partial charge in [-0.05, 0) is 31.4 Å². The number of nitrogens with zero attached hydrogens (tertiary/aromatic N) is 2. The summed E-state index contributed by atoms with van der Waals surface area (Å²) >= 11 is 0. The molecule has 3 rings (SSSR count). The van der Waals surface area contributed by atoms with Crippen molar-refractivity contribution in [3.05, 3.63) is 46.8 Å². The lowest BCUT2D eigenvalue weighted by atomic mass is 9.97. The number of benzene rings is 1. The number of rotatable bonds is 4. The van der Waals surface area contributed by atoms with Crippen LogP contribution in [0.5, 0.6) is 0 Å². The number of pyridine rings is 1. The molecule has 24 heavy (non-hydrogen) atoms. The summed E-state index contributed by atoms with van der Waals surface area (Å²) in [5.41, 5.74) is 0.694. The second-order valence-corrected chi connectivity index (χ2v) is 6.24. The highest BCUT2D eigenvalue weighted by atomic mass is 16.2. The molecule has 2 aromatic rings. The van der Waals surface area contributed by atoms with Crippen LogP contribution in [0.25, 0.3) is 10.9 Å². The SMILES string of the molecule is CCC(=O)C1CCCCN1C(=O)Cn1ccc(=O)c2ccccc21. The van der Waals surface area contributed by atoms with Crippen molar-refractivity contribution in [1.82, 2.24) is 9.47 Å². The molecule has 0 aliphatic carbocycles. The van der Waals surface area contributed by atoms with Crippen LogP contribution in [0.3, 0.4) is 0 Å². The minimum atomic E-state index is -0.290. The predicted molar refractivity (Wildman–Crippen MR) is 92.9 cm³/mol. The second-order valence-electron chi connectivity index (χ2n) is 6.24. The number of aromatic nitrogens is 1. The minimum Gasteiger partial charge on any atom is -0.338 e. The van der Waals surface area contributed by atoms with Gasteiger partial charge in [0, 0.05) is 30.6 Å². The lowest BCUT2D eigenvalue weighted by Crippen LogP contribution is -2.49. The number of likely N-dealkylation sites (tertiary alicyclic amines) is 1. The van der Waals surface area contributed by atoms with Crippen LogP contribution >= 0.6 is 0 Å². The van der Waals surface area contributed by atoms with Gasteiger partial charge in [-0.25, -0.2) is 0 Å². The molecular formula is C19H22N2O3. The van der Waals surface area contributed by atoms with E-state index in [-0.39, 0.29) is 29.7 Å². The number of piperidine rings is 1. The Morgan fingerprint density at radius 3 is 2.75 bits per heavy atom. The summed E-state index contributed by atoms with van der Waals surface area (Å²) in [6.07, 6.45) is 4.78. The van der Waals surface area contributed by atoms with E-state index in [1.54, 1.807) is 21.7 Å². The van der Waals surface area contributed by atoms with E-state index < -0.39 is 0 Å². The first-order valence-electron chi connectivity index (χ1n) is 8.52. The summed E-state index contributed by atoms with van der Waals surface area (Å²) in [7, 11) is 0. The van der Waals surface area contributed by atoms with Crippen molar-refractivity contribution in [2.24, 2.45) is 0 Å². The van der Waals surface area contributed by atoms with Gasteiger partial charge in [-0.3, -0.25) is 14.4 Å². The van der Waals surface area contributed by atoms with E-state index in [9.17, 15) is 14.4 Å². The van der Waals surface area contributed by atoms with Crippen LogP contribution in [0.1, 0.15) is 32.6 Å². The van der Waals surface area contributed by atoms with Crippen LogP contribution in [0.4, 0.5) is 0 Å². The largest absolute Gasteiger partial charge is 0.338 e. The van der Waals surface area contributed by atoms with Gasteiger partial charge in [-0.1, -0.05) is 19.1 Å². The number of amides is 1. The lowest BCUT2D eigenvalue weighted by Gasteiger charge is -2.35. The fraction of sp³-hybridized carbons (Fsp3) is 0.421. The summed E-state index contributed by atoms with van der Waals surface area (Å²) < 4.78 is 1.79. The van der Waals surface area contributed by atoms with Crippen molar-refractivity contribution in [3.8, 4) is 0 Å². The van der Waals surface area contributed by atoms with Gasteiger partial charge in [-0.15, -0.1) is 0 Å². The number of para-hydroxylation sites is 1. The number of hydrogen-bond donors (Lipinski definition) is 0. The Kier molecular flexibility index (Phi) is 4.79. The highest BCUT2D eigenvalue weighted by molar-refractivity contribution is 5.89. The molecule has 126 valence electrons. The van der Waals surface area contributed by atoms with Gasteiger partial charge in [0.25, 0.3) is 0 Å². The molecule has 1 aliphatic heterocycles. The maximum absolute atomic E-state index is 12.8. The topological polar surface area (TPSA) is 59.4 Å². The first-order valence-corrected chi connectivity index (χ1v) is 8.52. The zero-order valence-corrected chi connectivity index (χ0v) is 13.9. The van der Waals surface area contributed by atoms with Crippen molar-refractivity contribution in [2.45, 2.75) is 45.2 Å². The van der Waals surface area contributed by atoms with Crippen molar-refractivity contribution in [3.63, 3.8) is 0 Å². The number of hydrogen-bond acceptors (Lipinski definition) is 3. The molecule has 1 fully saturated rings. The number of Topliss-reactive ketones (excluding diaryl/α,β-unsaturated/α-hetero) is 1. The lowest BCUT2D eigenvalue weighted by molar-refractivity contribution is -0.141. The molecule has 0 spiro atoms. The third-order valence-corrected chi connectivity index (χ3v) is 4.73. The van der Waals surface area contributed by atoms with Gasteiger partial charge >= 0.3 is 0 Å². The van der Waals surface area contributed by atoms with Gasteiger partial charge in [-0.2, -0.15) is 0 Å². The van der Waals surface area contributed by atoms with Gasteiger partial charge in [0.15, 0.2) is 11.2 Å². The molecule has 1 aromatic carbocycles. The molecule has 1 unspecified atom stereocenters. The molecule has 5 nitrogen and oxygen atoms in total. The molecule has 1 aliphatic rings. The van der Waals surface area contributed by atoms with Crippen LogP contribution in [0, 0.1) is 0 Å². The highest BCUT2D eigenvalue weighted by Crippen LogP contribution is 2.20. The Bertz CT molecular complexity index is 825. The fourth-order valence-electron chi connectivity index (χ4n) is 3.44. The minimum absolute atomic E-state index is 0.0497. The normalized spacial score (nSPS) is 17.9. The average Bonchev–Trinajstić information content (AvgIpc) is 2.63. The number of carbonyl (C=O) groups excluding carboxylic acids is 2. The fourth-order valence-corrected chi connectivity index (χ4v) is 3.44. The smallest absolute Gasteiger partial charge is 0.243 e. The summed E-state index contributed by atoms with van der Waals surface area (Å²) in [5.74, 6) is 0.0723. The number of ketones is 1. The molecule has 1 amide bonds. The Morgan fingerprint density at radius 2 is 1.96 bits per heavy atom. The second kappa shape index (κ2) is 6.99. The zero-order valence-electron chi connectivity index (χ0n) is 13.9. The Hall–Kier alpha value is -2.43. The van der Waals surface area contributed by atoms with Crippen LogP contribution in [0.2, 0.25) is 0 Å². The summed E-state index contributed by atoms with van der Waals surface area (Å²) in [6.45, 7) is 2.62. The van der Waals surface area contributed by atoms with E-state index in [0.717, 1.165) is 24.8 Å². The average molecular weight is 326 g/mol. The monoisotopic (exact) mass is 326 g/mol. The molecule has 2 heterocycles. The number of fused-ring (bicyclic) bond motifs is 1. The first-order chi connectivity index (χ1) is 11.6. The van der Waals surface area contributed by atoms with Crippen LogP contribution in [-0.4, -0.2) is 33.7 Å². The van der Waals surface area contributed by atoms with E-state index >= 15 is 0 Å². The van der Waals surface area contributed by atoms with Gasteiger partial charge in [0.1, 0.15) is 6.54 Å². The zero-order chi connectivity index (χ0) is 17.1. The van der Waals surface area contributed by atoms with Crippen molar-refractivity contribution >= 4 is 22.6 Å². The summed E-state index contributed by atoms with van der Waals surface area (Å²) in [4.78, 5) is 38.6. The molecule has 1 aromatic heterocycles. The molecule has 0 saturated carbocycles. The Labute approximate surface area is 140 Å². The van der Waals surface area contributed by atoms with Gasteiger partial charge in [0.05, 0.1) is 11.6 Å². The third-order valence-electron chi connectivity index (χ3n) is 4.73. The number of carbonyl (C=O) groups is 2. The summed E-state index contributed by atoms with van der Waals surface area (Å²) in [6, 6.07) is 8.48. The van der Waals surface area contributed by atoms with E-state index in [4.69, 9.17) is 0 Å². The van der Waals surface area contributed by atoms with Crippen molar-refractivity contribution in [1.29, 1.82) is 0 Å². The molecule has 0 bridgehead atoms. The van der Waals surface area contributed by atoms with E-state index in [1.807, 2.05) is 25.1 Å². The van der Waals surface area contributed by atoms with Crippen molar-refractivity contribution in [2.75, 3.05) is 6.54 Å². The standard InChI is InChI=1S/C19H22N2O3/c1-2-17(22)16-9-5-6-11-21(16)19(24)13-20-12-10-18(23)14-7-3-4-8-15(14)20/h3-4,7-8,10,12,16H,2,5-6,9,11,13H2,1H3. The molecule has 1 atom stereocenters. The van der Waals surface area contributed by atoms with Gasteiger partial charge in [0.2, 0.25) is 5.91 Å². The van der Waals surface area contributed by atoms with E-state index in [2.05, 4.69) is 0 Å². The first kappa shape index (κ1) is 16.4. The molecule has 0 N–H and O–H groups in total. The van der Waals surface area contributed by atoms with E-state index in [0.29, 0.717) is 18.4 Å². The molecule has 0 radical (unpaired) electrons. The van der Waals surface area contributed by atoms with Crippen LogP contribution in [0.15, 0.2) is 41.3 Å². The molecular weight excluding hydrogens is 304 g/mol.